The molecule has 0 saturated carbocycles. The van der Waals surface area contributed by atoms with E-state index in [1.54, 1.807) is 18.3 Å². The highest BCUT2D eigenvalue weighted by atomic mass is 32.1. The van der Waals surface area contributed by atoms with Gasteiger partial charge in [0.05, 0.1) is 22.4 Å². The van der Waals surface area contributed by atoms with Crippen LogP contribution in [0.1, 0.15) is 26.3 Å². The number of nitrogens with one attached hydrogen (secondary N) is 2. The van der Waals surface area contributed by atoms with Crippen molar-refractivity contribution in [3.8, 4) is 21.8 Å². The first-order chi connectivity index (χ1) is 13.5. The van der Waals surface area contributed by atoms with Crippen LogP contribution in [0.3, 0.4) is 0 Å². The van der Waals surface area contributed by atoms with E-state index in [1.807, 2.05) is 36.5 Å². The Morgan fingerprint density at radius 3 is 2.61 bits per heavy atom. The van der Waals surface area contributed by atoms with Crippen molar-refractivity contribution in [3.63, 3.8) is 0 Å². The molecular formula is C20H26N6OS. The fourth-order valence-electron chi connectivity index (χ4n) is 2.68. The number of rotatable bonds is 8. The molecule has 0 aliphatic carbocycles. The summed E-state index contributed by atoms with van der Waals surface area (Å²) in [4.78, 5) is 14.7. The van der Waals surface area contributed by atoms with E-state index >= 15 is 0 Å². The van der Waals surface area contributed by atoms with Gasteiger partial charge in [-0.3, -0.25) is 0 Å². The highest BCUT2D eigenvalue weighted by Gasteiger charge is 2.14. The number of hydrogen-bond acceptors (Lipinski definition) is 8. The second kappa shape index (κ2) is 9.09. The van der Waals surface area contributed by atoms with E-state index in [-0.39, 0.29) is 0 Å². The zero-order chi connectivity index (χ0) is 20.1. The smallest absolute Gasteiger partial charge is 0.223 e. The molecule has 1 unspecified atom stereocenters. The molecule has 3 aromatic rings. The Hall–Kier alpha value is -2.55. The standard InChI is InChI=1S/C20H26N6OS/c1-12(2)24-20-23-11-18(28-20)17-8-16(15-7-5-4-6-14(15)9-21)25-19(26-17)22-10-13(3)27/h4-8,11-13,27H,9-10,21H2,1-3H3,(H,23,24)(H,22,25,26). The first-order valence-electron chi connectivity index (χ1n) is 9.28. The SMILES string of the molecule is CC(O)CNc1nc(-c2cnc(NC(C)C)s2)cc(-c2ccccc2CN)n1. The molecule has 2 heterocycles. The van der Waals surface area contributed by atoms with Gasteiger partial charge in [0.15, 0.2) is 5.13 Å². The zero-order valence-electron chi connectivity index (χ0n) is 16.3. The summed E-state index contributed by atoms with van der Waals surface area (Å²) in [6, 6.07) is 10.2. The minimum absolute atomic E-state index is 0.305. The summed E-state index contributed by atoms with van der Waals surface area (Å²) in [7, 11) is 0. The topological polar surface area (TPSA) is 109 Å². The van der Waals surface area contributed by atoms with Gasteiger partial charge in [-0.25, -0.2) is 15.0 Å². The molecule has 0 aliphatic heterocycles. The van der Waals surface area contributed by atoms with E-state index in [0.29, 0.717) is 25.1 Å². The van der Waals surface area contributed by atoms with Crippen molar-refractivity contribution in [2.24, 2.45) is 5.73 Å². The van der Waals surface area contributed by atoms with Gasteiger partial charge in [-0.05, 0) is 32.4 Å². The van der Waals surface area contributed by atoms with E-state index in [1.165, 1.54) is 0 Å². The fraction of sp³-hybridized carbons (Fsp3) is 0.350. The molecular weight excluding hydrogens is 372 g/mol. The second-order valence-corrected chi connectivity index (χ2v) is 7.91. The van der Waals surface area contributed by atoms with Crippen molar-refractivity contribution < 1.29 is 5.11 Å². The summed E-state index contributed by atoms with van der Waals surface area (Å²) in [5, 5.41) is 16.9. The van der Waals surface area contributed by atoms with Crippen molar-refractivity contribution in [2.75, 3.05) is 17.2 Å². The summed E-state index contributed by atoms with van der Waals surface area (Å²) >= 11 is 1.55. The Labute approximate surface area is 169 Å². The third-order valence-corrected chi connectivity index (χ3v) is 4.92. The number of nitrogens with zero attached hydrogens (tertiary/aromatic N) is 3. The van der Waals surface area contributed by atoms with Crippen molar-refractivity contribution >= 4 is 22.4 Å². The average Bonchev–Trinajstić information content (AvgIpc) is 3.14. The lowest BCUT2D eigenvalue weighted by Gasteiger charge is -2.12. The molecule has 1 aromatic carbocycles. The van der Waals surface area contributed by atoms with Crippen LogP contribution in [0.2, 0.25) is 0 Å². The number of benzene rings is 1. The molecule has 0 saturated heterocycles. The number of aromatic nitrogens is 3. The van der Waals surface area contributed by atoms with Crippen LogP contribution in [-0.4, -0.2) is 38.7 Å². The molecule has 28 heavy (non-hydrogen) atoms. The molecule has 0 spiro atoms. The van der Waals surface area contributed by atoms with Gasteiger partial charge in [0.1, 0.15) is 0 Å². The molecule has 0 fully saturated rings. The number of aliphatic hydroxyl groups excluding tert-OH is 1. The molecule has 8 heteroatoms. The number of aliphatic hydroxyl groups is 1. The van der Waals surface area contributed by atoms with Crippen LogP contribution >= 0.6 is 11.3 Å². The van der Waals surface area contributed by atoms with Gasteiger partial charge in [0, 0.05) is 30.9 Å². The predicted octanol–water partition coefficient (Wildman–Crippen LogP) is 3.34. The van der Waals surface area contributed by atoms with E-state index in [0.717, 1.165) is 32.5 Å². The van der Waals surface area contributed by atoms with Gasteiger partial charge < -0.3 is 21.5 Å². The van der Waals surface area contributed by atoms with Crippen LogP contribution in [0, 0.1) is 0 Å². The monoisotopic (exact) mass is 398 g/mol. The Balaban J connectivity index is 2.03. The minimum atomic E-state index is -0.503. The molecule has 7 nitrogen and oxygen atoms in total. The molecule has 0 radical (unpaired) electrons. The highest BCUT2D eigenvalue weighted by Crippen LogP contribution is 2.32. The lowest BCUT2D eigenvalue weighted by atomic mass is 10.0. The predicted molar refractivity (Wildman–Crippen MR) is 115 cm³/mol. The maximum absolute atomic E-state index is 9.60. The summed E-state index contributed by atoms with van der Waals surface area (Å²) < 4.78 is 0. The maximum Gasteiger partial charge on any atom is 0.223 e. The summed E-state index contributed by atoms with van der Waals surface area (Å²) in [6.07, 6.45) is 1.31. The summed E-state index contributed by atoms with van der Waals surface area (Å²) in [5.41, 5.74) is 9.46. The third-order valence-electron chi connectivity index (χ3n) is 3.97. The molecule has 1 atom stereocenters. The van der Waals surface area contributed by atoms with Crippen molar-refractivity contribution in [1.29, 1.82) is 0 Å². The largest absolute Gasteiger partial charge is 0.392 e. The highest BCUT2D eigenvalue weighted by molar-refractivity contribution is 7.18. The Kier molecular flexibility index (Phi) is 6.56. The van der Waals surface area contributed by atoms with E-state index in [4.69, 9.17) is 5.73 Å². The number of hydrogen-bond donors (Lipinski definition) is 4. The van der Waals surface area contributed by atoms with Crippen molar-refractivity contribution in [2.45, 2.75) is 39.5 Å². The van der Waals surface area contributed by atoms with Crippen molar-refractivity contribution in [1.82, 2.24) is 15.0 Å². The number of thiazole rings is 1. The fourth-order valence-corrected chi connectivity index (χ4v) is 3.61. The molecule has 0 aliphatic rings. The Bertz CT molecular complexity index is 925. The van der Waals surface area contributed by atoms with Crippen LogP contribution in [0.25, 0.3) is 21.8 Å². The third kappa shape index (κ3) is 5.03. The van der Waals surface area contributed by atoms with Gasteiger partial charge in [0.2, 0.25) is 5.95 Å². The van der Waals surface area contributed by atoms with Gasteiger partial charge in [0.25, 0.3) is 0 Å². The Morgan fingerprint density at radius 1 is 1.14 bits per heavy atom. The molecule has 5 N–H and O–H groups in total. The normalized spacial score (nSPS) is 12.2. The van der Waals surface area contributed by atoms with Gasteiger partial charge >= 0.3 is 0 Å². The average molecular weight is 399 g/mol. The second-order valence-electron chi connectivity index (χ2n) is 6.88. The van der Waals surface area contributed by atoms with Crippen LogP contribution in [0.15, 0.2) is 36.5 Å². The zero-order valence-corrected chi connectivity index (χ0v) is 17.1. The van der Waals surface area contributed by atoms with E-state index in [9.17, 15) is 5.11 Å². The quantitative estimate of drug-likeness (QED) is 0.461. The van der Waals surface area contributed by atoms with Crippen molar-refractivity contribution in [3.05, 3.63) is 42.1 Å². The number of anilines is 2. The van der Waals surface area contributed by atoms with Crippen LogP contribution in [0.4, 0.5) is 11.1 Å². The minimum Gasteiger partial charge on any atom is -0.392 e. The van der Waals surface area contributed by atoms with Crippen LogP contribution in [-0.2, 0) is 6.54 Å². The van der Waals surface area contributed by atoms with Gasteiger partial charge in [-0.2, -0.15) is 0 Å². The van der Waals surface area contributed by atoms with E-state index in [2.05, 4.69) is 39.4 Å². The van der Waals surface area contributed by atoms with Crippen LogP contribution in [0.5, 0.6) is 0 Å². The molecule has 148 valence electrons. The first-order valence-corrected chi connectivity index (χ1v) is 10.1. The van der Waals surface area contributed by atoms with E-state index < -0.39 is 6.10 Å². The first kappa shape index (κ1) is 20.2. The summed E-state index contributed by atoms with van der Waals surface area (Å²) in [6.45, 7) is 6.66. The molecule has 0 amide bonds. The lowest BCUT2D eigenvalue weighted by molar-refractivity contribution is 0.208. The van der Waals surface area contributed by atoms with Gasteiger partial charge in [-0.15, -0.1) is 0 Å². The Morgan fingerprint density at radius 2 is 1.89 bits per heavy atom. The lowest BCUT2D eigenvalue weighted by Crippen LogP contribution is -2.17. The molecule has 2 aromatic heterocycles. The maximum atomic E-state index is 9.60. The summed E-state index contributed by atoms with van der Waals surface area (Å²) in [5.74, 6) is 0.465. The van der Waals surface area contributed by atoms with Crippen LogP contribution < -0.4 is 16.4 Å². The number of nitrogens with two attached hydrogens (primary N) is 1. The molecule has 3 rings (SSSR count). The van der Waals surface area contributed by atoms with Gasteiger partial charge in [-0.1, -0.05) is 35.6 Å². The molecule has 0 bridgehead atoms.